The van der Waals surface area contributed by atoms with Gasteiger partial charge in [-0.1, -0.05) is 25.0 Å². The average molecular weight is 392 g/mol. The minimum atomic E-state index is 0.348. The zero-order valence-corrected chi connectivity index (χ0v) is 17.3. The molecule has 29 heavy (non-hydrogen) atoms. The van der Waals surface area contributed by atoms with Gasteiger partial charge in [0, 0.05) is 17.0 Å². The Balaban J connectivity index is 1.57. The van der Waals surface area contributed by atoms with Crippen LogP contribution in [0, 0.1) is 5.92 Å². The molecule has 4 nitrogen and oxygen atoms in total. The first-order valence-corrected chi connectivity index (χ1v) is 10.8. The minimum Gasteiger partial charge on any atom is -0.493 e. The standard InChI is InChI=1S/C25H29NO3/c1-27-23-13-20-19-8-3-4-9-22(19)26-25(21(20)14-24(23)28-2)17-6-5-7-18(12-17)29-15-16-10-11-16/h5-7,12-14,16,19,22H,3-4,8-11,15H2,1-2H3. The highest BCUT2D eigenvalue weighted by molar-refractivity contribution is 6.15. The number of hydrogen-bond acceptors (Lipinski definition) is 4. The van der Waals surface area contributed by atoms with E-state index in [9.17, 15) is 0 Å². The maximum Gasteiger partial charge on any atom is 0.161 e. The first kappa shape index (κ1) is 18.5. The molecule has 2 unspecified atom stereocenters. The van der Waals surface area contributed by atoms with Crippen LogP contribution < -0.4 is 14.2 Å². The van der Waals surface area contributed by atoms with E-state index < -0.39 is 0 Å². The van der Waals surface area contributed by atoms with Gasteiger partial charge in [-0.3, -0.25) is 4.99 Å². The maximum atomic E-state index is 6.04. The summed E-state index contributed by atoms with van der Waals surface area (Å²) in [6.07, 6.45) is 7.46. The lowest BCUT2D eigenvalue weighted by Crippen LogP contribution is -2.29. The number of nitrogens with zero attached hydrogens (tertiary/aromatic N) is 1. The lowest BCUT2D eigenvalue weighted by molar-refractivity contribution is 0.299. The Morgan fingerprint density at radius 2 is 1.72 bits per heavy atom. The van der Waals surface area contributed by atoms with Gasteiger partial charge in [0.15, 0.2) is 11.5 Å². The second kappa shape index (κ2) is 7.74. The summed E-state index contributed by atoms with van der Waals surface area (Å²) >= 11 is 0. The number of hydrogen-bond donors (Lipinski definition) is 0. The van der Waals surface area contributed by atoms with E-state index in [2.05, 4.69) is 30.3 Å². The number of methoxy groups -OCH3 is 2. The van der Waals surface area contributed by atoms with E-state index in [0.29, 0.717) is 12.0 Å². The molecule has 5 rings (SSSR count). The predicted molar refractivity (Wildman–Crippen MR) is 115 cm³/mol. The van der Waals surface area contributed by atoms with Gasteiger partial charge < -0.3 is 14.2 Å². The minimum absolute atomic E-state index is 0.348. The Morgan fingerprint density at radius 1 is 0.931 bits per heavy atom. The van der Waals surface area contributed by atoms with Crippen molar-refractivity contribution in [3.8, 4) is 17.2 Å². The Labute approximate surface area is 172 Å². The van der Waals surface area contributed by atoms with Gasteiger partial charge in [-0.25, -0.2) is 0 Å². The van der Waals surface area contributed by atoms with Crippen molar-refractivity contribution in [1.82, 2.24) is 0 Å². The molecule has 2 fully saturated rings. The molecule has 0 radical (unpaired) electrons. The van der Waals surface area contributed by atoms with Crippen molar-refractivity contribution in [2.45, 2.75) is 50.5 Å². The second-order valence-electron chi connectivity index (χ2n) is 8.51. The highest BCUT2D eigenvalue weighted by atomic mass is 16.5. The smallest absolute Gasteiger partial charge is 0.161 e. The molecule has 4 heteroatoms. The molecule has 2 aromatic carbocycles. The van der Waals surface area contributed by atoms with Crippen LogP contribution in [0.3, 0.4) is 0 Å². The summed E-state index contributed by atoms with van der Waals surface area (Å²) < 4.78 is 17.3. The fourth-order valence-corrected chi connectivity index (χ4v) is 4.73. The lowest BCUT2D eigenvalue weighted by Gasteiger charge is -2.35. The Kier molecular flexibility index (Phi) is 4.94. The second-order valence-corrected chi connectivity index (χ2v) is 8.51. The van der Waals surface area contributed by atoms with Crippen LogP contribution in [0.2, 0.25) is 0 Å². The van der Waals surface area contributed by atoms with Crippen LogP contribution in [0.15, 0.2) is 41.4 Å². The third-order valence-corrected chi connectivity index (χ3v) is 6.52. The molecule has 2 aromatic rings. The fourth-order valence-electron chi connectivity index (χ4n) is 4.73. The summed E-state index contributed by atoms with van der Waals surface area (Å²) in [7, 11) is 3.40. The number of fused-ring (bicyclic) bond motifs is 3. The van der Waals surface area contributed by atoms with E-state index in [4.69, 9.17) is 19.2 Å². The fraction of sp³-hybridized carbons (Fsp3) is 0.480. The van der Waals surface area contributed by atoms with Crippen LogP contribution in [0.5, 0.6) is 17.2 Å². The summed E-state index contributed by atoms with van der Waals surface area (Å²) in [6.45, 7) is 0.822. The van der Waals surface area contributed by atoms with Crippen molar-refractivity contribution in [2.24, 2.45) is 10.9 Å². The first-order valence-electron chi connectivity index (χ1n) is 10.8. The first-order chi connectivity index (χ1) is 14.3. The normalized spacial score (nSPS) is 22.9. The van der Waals surface area contributed by atoms with Gasteiger partial charge in [0.25, 0.3) is 0 Å². The van der Waals surface area contributed by atoms with Gasteiger partial charge in [0.2, 0.25) is 0 Å². The molecular weight excluding hydrogens is 362 g/mol. The number of aliphatic imine (C=N–C) groups is 1. The van der Waals surface area contributed by atoms with Crippen molar-refractivity contribution < 1.29 is 14.2 Å². The van der Waals surface area contributed by atoms with Crippen LogP contribution >= 0.6 is 0 Å². The molecule has 0 saturated heterocycles. The molecule has 0 aromatic heterocycles. The topological polar surface area (TPSA) is 40.0 Å². The molecule has 0 bridgehead atoms. The van der Waals surface area contributed by atoms with Crippen LogP contribution in [0.1, 0.15) is 61.1 Å². The quantitative estimate of drug-likeness (QED) is 0.665. The molecule has 1 aliphatic heterocycles. The molecule has 2 aliphatic carbocycles. The summed E-state index contributed by atoms with van der Waals surface area (Å²) in [5, 5.41) is 0. The van der Waals surface area contributed by atoms with E-state index in [-0.39, 0.29) is 0 Å². The van der Waals surface area contributed by atoms with E-state index in [1.54, 1.807) is 14.2 Å². The number of benzene rings is 2. The summed E-state index contributed by atoms with van der Waals surface area (Å²) in [5.74, 6) is 3.71. The molecule has 3 aliphatic rings. The van der Waals surface area contributed by atoms with Crippen molar-refractivity contribution in [2.75, 3.05) is 20.8 Å². The SMILES string of the molecule is COc1cc2c(cc1OC)C1CCCCC1N=C2c1cccc(OCC2CC2)c1. The van der Waals surface area contributed by atoms with E-state index in [0.717, 1.165) is 47.5 Å². The molecule has 0 amide bonds. The zero-order valence-electron chi connectivity index (χ0n) is 17.3. The molecule has 0 spiro atoms. The molecule has 2 atom stereocenters. The zero-order chi connectivity index (χ0) is 19.8. The summed E-state index contributed by atoms with van der Waals surface area (Å²) in [5.41, 5.74) is 4.70. The van der Waals surface area contributed by atoms with Gasteiger partial charge in [0.05, 0.1) is 32.6 Å². The van der Waals surface area contributed by atoms with Crippen molar-refractivity contribution >= 4 is 5.71 Å². The van der Waals surface area contributed by atoms with Gasteiger partial charge >= 0.3 is 0 Å². The third kappa shape index (κ3) is 3.61. The van der Waals surface area contributed by atoms with Crippen LogP contribution in [-0.2, 0) is 0 Å². The monoisotopic (exact) mass is 391 g/mol. The number of ether oxygens (including phenoxy) is 3. The van der Waals surface area contributed by atoms with Crippen molar-refractivity contribution in [1.29, 1.82) is 0 Å². The Morgan fingerprint density at radius 3 is 2.52 bits per heavy atom. The molecular formula is C25H29NO3. The lowest BCUT2D eigenvalue weighted by atomic mass is 9.75. The Hall–Kier alpha value is -2.49. The van der Waals surface area contributed by atoms with Crippen LogP contribution in [0.25, 0.3) is 0 Å². The largest absolute Gasteiger partial charge is 0.493 e. The van der Waals surface area contributed by atoms with E-state index >= 15 is 0 Å². The van der Waals surface area contributed by atoms with Gasteiger partial charge in [-0.15, -0.1) is 0 Å². The summed E-state index contributed by atoms with van der Waals surface area (Å²) in [4.78, 5) is 5.26. The van der Waals surface area contributed by atoms with Gasteiger partial charge in [0.1, 0.15) is 5.75 Å². The van der Waals surface area contributed by atoms with Gasteiger partial charge in [-0.05, 0) is 61.4 Å². The van der Waals surface area contributed by atoms with E-state index in [1.165, 1.54) is 43.2 Å². The summed E-state index contributed by atoms with van der Waals surface area (Å²) in [6, 6.07) is 13.0. The van der Waals surface area contributed by atoms with Crippen molar-refractivity contribution in [3.63, 3.8) is 0 Å². The predicted octanol–water partition coefficient (Wildman–Crippen LogP) is 5.37. The average Bonchev–Trinajstić information content (AvgIpc) is 3.61. The molecule has 0 N–H and O–H groups in total. The maximum absolute atomic E-state index is 6.04. The van der Waals surface area contributed by atoms with Crippen LogP contribution in [0.4, 0.5) is 0 Å². The van der Waals surface area contributed by atoms with E-state index in [1.807, 2.05) is 6.07 Å². The number of rotatable bonds is 6. The molecule has 1 heterocycles. The van der Waals surface area contributed by atoms with Crippen molar-refractivity contribution in [3.05, 3.63) is 53.1 Å². The molecule has 152 valence electrons. The highest BCUT2D eigenvalue weighted by Gasteiger charge is 2.34. The third-order valence-electron chi connectivity index (χ3n) is 6.52. The molecule has 2 saturated carbocycles. The van der Waals surface area contributed by atoms with Crippen LogP contribution in [-0.4, -0.2) is 32.6 Å². The highest BCUT2D eigenvalue weighted by Crippen LogP contribution is 2.45. The Bertz CT molecular complexity index is 932. The van der Waals surface area contributed by atoms with Gasteiger partial charge in [-0.2, -0.15) is 0 Å².